The third-order valence-electron chi connectivity index (χ3n) is 5.20. The number of carbonyl (C=O) groups excluding carboxylic acids is 2. The van der Waals surface area contributed by atoms with Gasteiger partial charge in [-0.2, -0.15) is 0 Å². The van der Waals surface area contributed by atoms with Crippen LogP contribution in [-0.2, 0) is 32.0 Å². The molecule has 0 aliphatic heterocycles. The van der Waals surface area contributed by atoms with Gasteiger partial charge in [0, 0.05) is 28.7 Å². The Morgan fingerprint density at radius 2 is 1.92 bits per heavy atom. The number of phenols is 1. The molecule has 0 heterocycles. The molecule has 0 aliphatic carbocycles. The Labute approximate surface area is 222 Å². The number of phenolic OH excluding ortho intramolecular Hbond substituents is 1. The predicted octanol–water partition coefficient (Wildman–Crippen LogP) is 6.34. The fourth-order valence-corrected chi connectivity index (χ4v) is 4.71. The highest BCUT2D eigenvalue weighted by molar-refractivity contribution is 7.99. The van der Waals surface area contributed by atoms with Crippen LogP contribution < -0.4 is 4.74 Å². The average molecular weight is 536 g/mol. The fourth-order valence-electron chi connectivity index (χ4n) is 3.50. The number of ether oxygens (including phenoxy) is 2. The van der Waals surface area contributed by atoms with Crippen molar-refractivity contribution in [2.45, 2.75) is 64.2 Å². The number of thioether (sulfide) groups is 1. The van der Waals surface area contributed by atoms with E-state index in [1.54, 1.807) is 23.9 Å². The summed E-state index contributed by atoms with van der Waals surface area (Å²) in [6.45, 7) is 5.79. The summed E-state index contributed by atoms with van der Waals surface area (Å²) in [5, 5.41) is 15.5. The summed E-state index contributed by atoms with van der Waals surface area (Å²) in [6, 6.07) is 9.17. The second-order valence-corrected chi connectivity index (χ2v) is 9.67. The Kier molecular flexibility index (Phi) is 12.6. The minimum atomic E-state index is -0.506. The van der Waals surface area contributed by atoms with E-state index >= 15 is 0 Å². The van der Waals surface area contributed by atoms with E-state index in [0.29, 0.717) is 41.5 Å². The summed E-state index contributed by atoms with van der Waals surface area (Å²) in [4.78, 5) is 28.4. The molecule has 0 atom stereocenters. The molecule has 9 heteroatoms. The number of hydrogen-bond acceptors (Lipinski definition) is 8. The van der Waals surface area contributed by atoms with Crippen molar-refractivity contribution in [1.82, 2.24) is 0 Å². The number of oxime groups is 1. The zero-order valence-electron chi connectivity index (χ0n) is 21.3. The maximum absolute atomic E-state index is 11.4. The first-order valence-electron chi connectivity index (χ1n) is 12.0. The number of halogens is 1. The van der Waals surface area contributed by atoms with Gasteiger partial charge in [0.15, 0.2) is 0 Å². The molecule has 196 valence electrons. The topological polar surface area (TPSA) is 94.4 Å². The summed E-state index contributed by atoms with van der Waals surface area (Å²) < 4.78 is 10.7. The Balaban J connectivity index is 2.01. The molecular weight excluding hydrogens is 502 g/mol. The van der Waals surface area contributed by atoms with E-state index in [4.69, 9.17) is 25.9 Å². The minimum absolute atomic E-state index is 0.113. The number of hydrogen-bond donors (Lipinski definition) is 1. The van der Waals surface area contributed by atoms with Crippen molar-refractivity contribution in [2.75, 3.05) is 19.5 Å². The third kappa shape index (κ3) is 9.06. The molecule has 0 amide bonds. The van der Waals surface area contributed by atoms with E-state index in [-0.39, 0.29) is 18.1 Å². The lowest BCUT2D eigenvalue weighted by atomic mass is 9.98. The molecule has 0 saturated carbocycles. The molecule has 2 aromatic carbocycles. The molecule has 0 aromatic heterocycles. The van der Waals surface area contributed by atoms with Gasteiger partial charge in [0.2, 0.25) is 0 Å². The Hall–Kier alpha value is -2.71. The highest BCUT2D eigenvalue weighted by atomic mass is 35.5. The molecule has 2 aromatic rings. The van der Waals surface area contributed by atoms with Gasteiger partial charge < -0.3 is 19.4 Å². The summed E-state index contributed by atoms with van der Waals surface area (Å²) in [5.41, 5.74) is 2.61. The molecule has 2 rings (SSSR count). The summed E-state index contributed by atoms with van der Waals surface area (Å²) >= 11 is 7.99. The first kappa shape index (κ1) is 29.5. The van der Waals surface area contributed by atoms with Crippen LogP contribution in [0.25, 0.3) is 0 Å². The van der Waals surface area contributed by atoms with Gasteiger partial charge >= 0.3 is 11.9 Å². The van der Waals surface area contributed by atoms with Crippen LogP contribution >= 0.6 is 23.4 Å². The van der Waals surface area contributed by atoms with Gasteiger partial charge in [0.1, 0.15) is 11.5 Å². The molecule has 0 spiro atoms. The van der Waals surface area contributed by atoms with E-state index in [1.807, 2.05) is 32.0 Å². The molecule has 0 saturated heterocycles. The van der Waals surface area contributed by atoms with Gasteiger partial charge in [0.25, 0.3) is 0 Å². The molecule has 1 N–H and O–H groups in total. The van der Waals surface area contributed by atoms with Gasteiger partial charge in [-0.05, 0) is 49.1 Å². The van der Waals surface area contributed by atoms with Crippen molar-refractivity contribution >= 4 is 41.0 Å². The highest BCUT2D eigenvalue weighted by Gasteiger charge is 2.18. The maximum Gasteiger partial charge on any atom is 0.331 e. The van der Waals surface area contributed by atoms with E-state index < -0.39 is 5.97 Å². The van der Waals surface area contributed by atoms with Gasteiger partial charge in [-0.25, -0.2) is 4.79 Å². The third-order valence-corrected chi connectivity index (χ3v) is 6.78. The lowest BCUT2D eigenvalue weighted by Gasteiger charge is -2.16. The summed E-state index contributed by atoms with van der Waals surface area (Å²) in [7, 11) is 1.36. The van der Waals surface area contributed by atoms with Crippen molar-refractivity contribution in [1.29, 1.82) is 0 Å². The van der Waals surface area contributed by atoms with Crippen molar-refractivity contribution in [3.63, 3.8) is 0 Å². The first-order valence-corrected chi connectivity index (χ1v) is 13.4. The monoisotopic (exact) mass is 535 g/mol. The van der Waals surface area contributed by atoms with E-state index in [9.17, 15) is 14.7 Å². The van der Waals surface area contributed by atoms with Crippen LogP contribution in [0, 0.1) is 0 Å². The number of esters is 1. The molecule has 0 radical (unpaired) electrons. The normalized spacial score (nSPS) is 11.3. The SMILES string of the molecule is CCCC(=NOC(C)=O)c1ccc(OCCCSc2ccc(CC(=O)OC)cc2Cl)c(CCC)c1O. The number of rotatable bonds is 14. The van der Waals surface area contributed by atoms with Crippen LogP contribution in [0.15, 0.2) is 40.4 Å². The van der Waals surface area contributed by atoms with Crippen LogP contribution in [0.4, 0.5) is 0 Å². The van der Waals surface area contributed by atoms with Crippen LogP contribution in [0.3, 0.4) is 0 Å². The van der Waals surface area contributed by atoms with Crippen molar-refractivity contribution in [3.8, 4) is 11.5 Å². The van der Waals surface area contributed by atoms with Crippen LogP contribution in [0.5, 0.6) is 11.5 Å². The lowest BCUT2D eigenvalue weighted by Crippen LogP contribution is -2.07. The van der Waals surface area contributed by atoms with Crippen LogP contribution in [0.2, 0.25) is 5.02 Å². The Morgan fingerprint density at radius 3 is 2.56 bits per heavy atom. The number of aromatic hydroxyl groups is 1. The van der Waals surface area contributed by atoms with Crippen molar-refractivity contribution in [2.24, 2.45) is 5.16 Å². The Bertz CT molecular complexity index is 1070. The second-order valence-electron chi connectivity index (χ2n) is 8.13. The van der Waals surface area contributed by atoms with E-state index in [2.05, 4.69) is 5.16 Å². The van der Waals surface area contributed by atoms with Gasteiger partial charge in [-0.15, -0.1) is 11.8 Å². The molecular formula is C27H34ClNO6S. The zero-order valence-corrected chi connectivity index (χ0v) is 22.8. The van der Waals surface area contributed by atoms with Crippen LogP contribution in [0.1, 0.15) is 63.1 Å². The molecule has 0 fully saturated rings. The smallest absolute Gasteiger partial charge is 0.331 e. The van der Waals surface area contributed by atoms with E-state index in [0.717, 1.165) is 41.0 Å². The highest BCUT2D eigenvalue weighted by Crippen LogP contribution is 2.34. The van der Waals surface area contributed by atoms with E-state index in [1.165, 1.54) is 14.0 Å². The second kappa shape index (κ2) is 15.4. The van der Waals surface area contributed by atoms with Crippen molar-refractivity contribution < 1.29 is 29.0 Å². The predicted molar refractivity (Wildman–Crippen MR) is 143 cm³/mol. The van der Waals surface area contributed by atoms with Crippen LogP contribution in [-0.4, -0.2) is 42.2 Å². The average Bonchev–Trinajstić information content (AvgIpc) is 2.84. The number of methoxy groups -OCH3 is 1. The lowest BCUT2D eigenvalue weighted by molar-refractivity contribution is -0.141. The Morgan fingerprint density at radius 1 is 1.14 bits per heavy atom. The number of benzene rings is 2. The number of carbonyl (C=O) groups is 2. The minimum Gasteiger partial charge on any atom is -0.507 e. The molecule has 36 heavy (non-hydrogen) atoms. The molecule has 0 aliphatic rings. The summed E-state index contributed by atoms with van der Waals surface area (Å²) in [6.07, 6.45) is 3.79. The van der Waals surface area contributed by atoms with Gasteiger partial charge in [0.05, 0.1) is 30.9 Å². The first-order chi connectivity index (χ1) is 17.3. The standard InChI is InChI=1S/C27H34ClNO6S/c1-5-8-21-24(12-11-20(27(21)32)23(9-6-2)29-35-18(3)30)34-14-7-15-36-25-13-10-19(16-22(25)28)17-26(31)33-4/h10-13,16,32H,5-9,14-15,17H2,1-4H3. The summed E-state index contributed by atoms with van der Waals surface area (Å²) in [5.74, 6) is 0.730. The zero-order chi connectivity index (χ0) is 26.5. The van der Waals surface area contributed by atoms with Gasteiger partial charge in [-0.3, -0.25) is 4.79 Å². The van der Waals surface area contributed by atoms with Crippen molar-refractivity contribution in [3.05, 3.63) is 52.0 Å². The van der Waals surface area contributed by atoms with Gasteiger partial charge in [-0.1, -0.05) is 49.5 Å². The fraction of sp³-hybridized carbons (Fsp3) is 0.444. The molecule has 7 nitrogen and oxygen atoms in total. The quantitative estimate of drug-likeness (QED) is 0.0752. The molecule has 0 unspecified atom stereocenters. The molecule has 0 bridgehead atoms. The number of nitrogens with zero attached hydrogens (tertiary/aromatic N) is 1. The maximum atomic E-state index is 11.4. The largest absolute Gasteiger partial charge is 0.507 e.